The van der Waals surface area contributed by atoms with Crippen LogP contribution in [0.25, 0.3) is 0 Å². The second-order valence-corrected chi connectivity index (χ2v) is 7.15. The van der Waals surface area contributed by atoms with E-state index >= 15 is 0 Å². The van der Waals surface area contributed by atoms with Gasteiger partial charge < -0.3 is 9.84 Å². The van der Waals surface area contributed by atoms with Gasteiger partial charge in [-0.05, 0) is 32.8 Å². The molecule has 22 heavy (non-hydrogen) atoms. The molecular formula is C14H20N2O5S. The summed E-state index contributed by atoms with van der Waals surface area (Å²) in [6.45, 7) is 3.85. The maximum absolute atomic E-state index is 12.9. The topological polar surface area (TPSA) is 96.8 Å². The molecule has 2 unspecified atom stereocenters. The molecule has 1 aromatic rings. The molecule has 0 amide bonds. The SMILES string of the molecule is CCOc1ccncc1S(=O)(=O)N1CC(C(=O)O)CCC1C. The van der Waals surface area contributed by atoms with Crippen LogP contribution in [0.4, 0.5) is 0 Å². The average molecular weight is 328 g/mol. The molecule has 0 saturated carbocycles. The fraction of sp³-hybridized carbons (Fsp3) is 0.571. The molecule has 2 heterocycles. The molecular weight excluding hydrogens is 308 g/mol. The van der Waals surface area contributed by atoms with Crippen molar-refractivity contribution < 1.29 is 23.1 Å². The average Bonchev–Trinajstić information content (AvgIpc) is 2.48. The number of pyridine rings is 1. The minimum atomic E-state index is -3.85. The van der Waals surface area contributed by atoms with Crippen molar-refractivity contribution in [1.29, 1.82) is 0 Å². The van der Waals surface area contributed by atoms with Gasteiger partial charge in [0, 0.05) is 18.8 Å². The summed E-state index contributed by atoms with van der Waals surface area (Å²) >= 11 is 0. The lowest BCUT2D eigenvalue weighted by molar-refractivity contribution is -0.143. The Morgan fingerprint density at radius 1 is 1.50 bits per heavy atom. The van der Waals surface area contributed by atoms with Gasteiger partial charge in [0.25, 0.3) is 0 Å². The lowest BCUT2D eigenvalue weighted by Crippen LogP contribution is -2.47. The monoisotopic (exact) mass is 328 g/mol. The van der Waals surface area contributed by atoms with Crippen LogP contribution in [0.3, 0.4) is 0 Å². The van der Waals surface area contributed by atoms with E-state index in [4.69, 9.17) is 9.84 Å². The van der Waals surface area contributed by atoms with Crippen LogP contribution in [-0.2, 0) is 14.8 Å². The Morgan fingerprint density at radius 2 is 2.23 bits per heavy atom. The molecule has 1 aliphatic heterocycles. The van der Waals surface area contributed by atoms with E-state index in [0.29, 0.717) is 19.4 Å². The minimum absolute atomic E-state index is 0.0188. The van der Waals surface area contributed by atoms with Gasteiger partial charge in [-0.3, -0.25) is 9.78 Å². The van der Waals surface area contributed by atoms with Crippen LogP contribution < -0.4 is 4.74 Å². The number of sulfonamides is 1. The summed E-state index contributed by atoms with van der Waals surface area (Å²) in [5.74, 6) is -1.41. The maximum Gasteiger partial charge on any atom is 0.307 e. The predicted molar refractivity (Wildman–Crippen MR) is 79.1 cm³/mol. The van der Waals surface area contributed by atoms with Crippen molar-refractivity contribution >= 4 is 16.0 Å². The Hall–Kier alpha value is -1.67. The van der Waals surface area contributed by atoms with Crippen LogP contribution in [0.5, 0.6) is 5.75 Å². The number of rotatable bonds is 5. The Bertz CT molecular complexity index is 646. The van der Waals surface area contributed by atoms with Gasteiger partial charge in [-0.25, -0.2) is 8.42 Å². The van der Waals surface area contributed by atoms with E-state index in [1.807, 2.05) is 0 Å². The summed E-state index contributed by atoms with van der Waals surface area (Å²) in [7, 11) is -3.85. The van der Waals surface area contributed by atoms with Gasteiger partial charge in [-0.15, -0.1) is 0 Å². The number of nitrogens with zero attached hydrogens (tertiary/aromatic N) is 2. The third kappa shape index (κ3) is 3.22. The van der Waals surface area contributed by atoms with Crippen LogP contribution in [0.2, 0.25) is 0 Å². The molecule has 2 rings (SSSR count). The Kier molecular flexibility index (Phi) is 5.02. The summed E-state index contributed by atoms with van der Waals surface area (Å²) in [5.41, 5.74) is 0. The first-order valence-electron chi connectivity index (χ1n) is 7.19. The van der Waals surface area contributed by atoms with Gasteiger partial charge in [0.05, 0.1) is 18.7 Å². The van der Waals surface area contributed by atoms with Crippen LogP contribution >= 0.6 is 0 Å². The van der Waals surface area contributed by atoms with E-state index in [1.165, 1.54) is 22.8 Å². The van der Waals surface area contributed by atoms with Crippen LogP contribution in [0.1, 0.15) is 26.7 Å². The standard InChI is InChI=1S/C14H20N2O5S/c1-3-21-12-6-7-15-8-13(12)22(19,20)16-9-11(14(17)18)5-4-10(16)2/h6-8,10-11H,3-5,9H2,1-2H3,(H,17,18). The quantitative estimate of drug-likeness (QED) is 0.876. The fourth-order valence-corrected chi connectivity index (χ4v) is 4.36. The zero-order valence-electron chi connectivity index (χ0n) is 12.6. The zero-order valence-corrected chi connectivity index (χ0v) is 13.4. The Morgan fingerprint density at radius 3 is 2.86 bits per heavy atom. The molecule has 122 valence electrons. The van der Waals surface area contributed by atoms with Crippen molar-refractivity contribution in [1.82, 2.24) is 9.29 Å². The largest absolute Gasteiger partial charge is 0.492 e. The molecule has 1 aliphatic rings. The summed E-state index contributed by atoms with van der Waals surface area (Å²) in [6, 6.07) is 1.25. The highest BCUT2D eigenvalue weighted by Gasteiger charge is 2.38. The van der Waals surface area contributed by atoms with Crippen LogP contribution in [0.15, 0.2) is 23.4 Å². The van der Waals surface area contributed by atoms with Crippen molar-refractivity contribution in [2.24, 2.45) is 5.92 Å². The number of carboxylic acids is 1. The number of aliphatic carboxylic acids is 1. The summed E-state index contributed by atoms with van der Waals surface area (Å²) in [4.78, 5) is 15.0. The van der Waals surface area contributed by atoms with Crippen molar-refractivity contribution in [2.45, 2.75) is 37.6 Å². The number of ether oxygens (including phenoxy) is 1. The first-order valence-corrected chi connectivity index (χ1v) is 8.63. The smallest absolute Gasteiger partial charge is 0.307 e. The first-order chi connectivity index (χ1) is 10.4. The summed E-state index contributed by atoms with van der Waals surface area (Å²) in [5, 5.41) is 9.16. The normalized spacial score (nSPS) is 23.2. The van der Waals surface area contributed by atoms with Gasteiger partial charge in [0.15, 0.2) is 0 Å². The molecule has 0 spiro atoms. The number of hydrogen-bond acceptors (Lipinski definition) is 5. The maximum atomic E-state index is 12.9. The second-order valence-electron chi connectivity index (χ2n) is 5.29. The van der Waals surface area contributed by atoms with Crippen molar-refractivity contribution in [3.05, 3.63) is 18.5 Å². The van der Waals surface area contributed by atoms with E-state index in [2.05, 4.69) is 4.98 Å². The van der Waals surface area contributed by atoms with E-state index in [9.17, 15) is 13.2 Å². The van der Waals surface area contributed by atoms with Crippen molar-refractivity contribution in [3.8, 4) is 5.75 Å². The molecule has 2 atom stereocenters. The van der Waals surface area contributed by atoms with Gasteiger partial charge in [0.2, 0.25) is 10.0 Å². The number of carboxylic acid groups (broad SMARTS) is 1. The van der Waals surface area contributed by atoms with Crippen LogP contribution in [-0.4, -0.2) is 48.0 Å². The van der Waals surface area contributed by atoms with E-state index < -0.39 is 21.9 Å². The van der Waals surface area contributed by atoms with E-state index in [0.717, 1.165) is 0 Å². The Labute approximate surface area is 130 Å². The number of hydrogen-bond donors (Lipinski definition) is 1. The molecule has 8 heteroatoms. The number of piperidine rings is 1. The highest BCUT2D eigenvalue weighted by atomic mass is 32.2. The molecule has 7 nitrogen and oxygen atoms in total. The van der Waals surface area contributed by atoms with E-state index in [1.54, 1.807) is 13.8 Å². The summed E-state index contributed by atoms with van der Waals surface area (Å²) in [6.07, 6.45) is 3.70. The zero-order chi connectivity index (χ0) is 16.3. The second kappa shape index (κ2) is 6.62. The molecule has 0 aromatic carbocycles. The summed E-state index contributed by atoms with van der Waals surface area (Å²) < 4.78 is 32.4. The third-order valence-corrected chi connectivity index (χ3v) is 5.80. The van der Waals surface area contributed by atoms with Gasteiger partial charge in [-0.1, -0.05) is 0 Å². The predicted octanol–water partition coefficient (Wildman–Crippen LogP) is 1.35. The minimum Gasteiger partial charge on any atom is -0.492 e. The lowest BCUT2D eigenvalue weighted by Gasteiger charge is -2.35. The lowest BCUT2D eigenvalue weighted by atomic mass is 9.96. The molecule has 0 radical (unpaired) electrons. The number of carbonyl (C=O) groups is 1. The molecule has 0 bridgehead atoms. The highest BCUT2D eigenvalue weighted by molar-refractivity contribution is 7.89. The van der Waals surface area contributed by atoms with Gasteiger partial charge >= 0.3 is 5.97 Å². The molecule has 1 N–H and O–H groups in total. The van der Waals surface area contributed by atoms with Crippen molar-refractivity contribution in [3.63, 3.8) is 0 Å². The van der Waals surface area contributed by atoms with E-state index in [-0.39, 0.29) is 23.2 Å². The fourth-order valence-electron chi connectivity index (χ4n) is 2.57. The molecule has 1 fully saturated rings. The molecule has 0 aliphatic carbocycles. The van der Waals surface area contributed by atoms with Gasteiger partial charge in [0.1, 0.15) is 10.6 Å². The molecule has 1 aromatic heterocycles. The molecule has 1 saturated heterocycles. The van der Waals surface area contributed by atoms with Gasteiger partial charge in [-0.2, -0.15) is 4.31 Å². The highest BCUT2D eigenvalue weighted by Crippen LogP contribution is 2.31. The third-order valence-electron chi connectivity index (χ3n) is 3.81. The first kappa shape index (κ1) is 16.7. The number of aromatic nitrogens is 1. The Balaban J connectivity index is 2.38. The van der Waals surface area contributed by atoms with Crippen molar-refractivity contribution in [2.75, 3.05) is 13.2 Å². The van der Waals surface area contributed by atoms with Crippen LogP contribution in [0, 0.1) is 5.92 Å².